The molecule has 2 aromatic heterocycles. The fraction of sp³-hybridized carbons (Fsp3) is 0.200. The van der Waals surface area contributed by atoms with E-state index in [1.54, 1.807) is 19.2 Å². The summed E-state index contributed by atoms with van der Waals surface area (Å²) in [5, 5.41) is 18.0. The molecule has 0 aliphatic heterocycles. The molecule has 88 valence electrons. The second-order valence-electron chi connectivity index (χ2n) is 3.32. The van der Waals surface area contributed by atoms with Crippen LogP contribution in [0.5, 0.6) is 11.8 Å². The number of aromatic nitrogens is 3. The van der Waals surface area contributed by atoms with Crippen LogP contribution in [0.15, 0.2) is 11.4 Å². The van der Waals surface area contributed by atoms with Gasteiger partial charge in [0.1, 0.15) is 10.6 Å². The van der Waals surface area contributed by atoms with Crippen molar-refractivity contribution in [1.82, 2.24) is 15.2 Å². The Hall–Kier alpha value is -2.02. The van der Waals surface area contributed by atoms with Crippen molar-refractivity contribution in [3.05, 3.63) is 27.7 Å². The standard InChI is InChI=1S/C10H9N3O3S/c1-5-6(2)12-13-10(11-5)16-7-3-8(9(14)15)17-4-7/h3-4H,1-2H3,(H,14,15). The molecular weight excluding hydrogens is 242 g/mol. The molecule has 0 aromatic carbocycles. The largest absolute Gasteiger partial charge is 0.477 e. The fourth-order valence-corrected chi connectivity index (χ4v) is 1.71. The minimum atomic E-state index is -0.982. The van der Waals surface area contributed by atoms with Crippen LogP contribution >= 0.6 is 11.3 Å². The summed E-state index contributed by atoms with van der Waals surface area (Å²) in [6.45, 7) is 3.60. The molecule has 0 spiro atoms. The van der Waals surface area contributed by atoms with Gasteiger partial charge in [0.15, 0.2) is 0 Å². The van der Waals surface area contributed by atoms with E-state index in [1.165, 1.54) is 6.07 Å². The number of carbonyl (C=O) groups is 1. The van der Waals surface area contributed by atoms with Gasteiger partial charge in [-0.05, 0) is 13.8 Å². The highest BCUT2D eigenvalue weighted by atomic mass is 32.1. The first kappa shape index (κ1) is 11.5. The highest BCUT2D eigenvalue weighted by Gasteiger charge is 2.10. The van der Waals surface area contributed by atoms with E-state index in [4.69, 9.17) is 9.84 Å². The molecule has 7 heteroatoms. The minimum absolute atomic E-state index is 0.114. The molecule has 0 unspecified atom stereocenters. The average molecular weight is 251 g/mol. The van der Waals surface area contributed by atoms with E-state index in [-0.39, 0.29) is 10.9 Å². The lowest BCUT2D eigenvalue weighted by molar-refractivity contribution is 0.0702. The Morgan fingerprint density at radius 3 is 2.71 bits per heavy atom. The summed E-state index contributed by atoms with van der Waals surface area (Å²) in [7, 11) is 0. The second kappa shape index (κ2) is 4.46. The lowest BCUT2D eigenvalue weighted by atomic mass is 10.4. The Labute approximate surface area is 101 Å². The molecule has 0 saturated heterocycles. The van der Waals surface area contributed by atoms with E-state index in [2.05, 4.69) is 15.2 Å². The fourth-order valence-electron chi connectivity index (χ4n) is 1.07. The van der Waals surface area contributed by atoms with Gasteiger partial charge >= 0.3 is 12.0 Å². The molecule has 2 aromatic rings. The number of rotatable bonds is 3. The molecule has 6 nitrogen and oxygen atoms in total. The SMILES string of the molecule is Cc1nnc(Oc2csc(C(=O)O)c2)nc1C. The maximum Gasteiger partial charge on any atom is 0.346 e. The molecular formula is C10H9N3O3S. The van der Waals surface area contributed by atoms with Gasteiger partial charge in [-0.2, -0.15) is 4.98 Å². The summed E-state index contributed by atoms with van der Waals surface area (Å²) in [5.74, 6) is -0.582. The molecule has 0 aliphatic carbocycles. The van der Waals surface area contributed by atoms with Crippen molar-refractivity contribution >= 4 is 17.3 Å². The molecule has 17 heavy (non-hydrogen) atoms. The van der Waals surface area contributed by atoms with Crippen molar-refractivity contribution in [3.63, 3.8) is 0 Å². The number of thiophene rings is 1. The molecule has 0 saturated carbocycles. The molecule has 2 heterocycles. The highest BCUT2D eigenvalue weighted by molar-refractivity contribution is 7.12. The Morgan fingerprint density at radius 2 is 2.12 bits per heavy atom. The zero-order valence-electron chi connectivity index (χ0n) is 9.17. The van der Waals surface area contributed by atoms with Gasteiger partial charge in [0.25, 0.3) is 0 Å². The lowest BCUT2D eigenvalue weighted by Crippen LogP contribution is -1.99. The Balaban J connectivity index is 2.19. The number of carboxylic acids is 1. The summed E-state index contributed by atoms with van der Waals surface area (Å²) in [4.78, 5) is 15.0. The van der Waals surface area contributed by atoms with E-state index in [0.717, 1.165) is 22.7 Å². The third-order valence-corrected chi connectivity index (χ3v) is 2.96. The summed E-state index contributed by atoms with van der Waals surface area (Å²) in [6.07, 6.45) is 0. The summed E-state index contributed by atoms with van der Waals surface area (Å²) >= 11 is 1.08. The number of ether oxygens (including phenoxy) is 1. The highest BCUT2D eigenvalue weighted by Crippen LogP contribution is 2.24. The van der Waals surface area contributed by atoms with Gasteiger partial charge in [0.05, 0.1) is 11.4 Å². The third-order valence-electron chi connectivity index (χ3n) is 2.07. The van der Waals surface area contributed by atoms with Crippen LogP contribution in [0.2, 0.25) is 0 Å². The van der Waals surface area contributed by atoms with Gasteiger partial charge in [-0.3, -0.25) is 0 Å². The Kier molecular flexibility index (Phi) is 3.01. The molecule has 2 rings (SSSR count). The smallest absolute Gasteiger partial charge is 0.346 e. The van der Waals surface area contributed by atoms with Crippen LogP contribution in [0.25, 0.3) is 0 Å². The first-order valence-corrected chi connectivity index (χ1v) is 5.62. The molecule has 0 aliphatic rings. The summed E-state index contributed by atoms with van der Waals surface area (Å²) in [5.41, 5.74) is 1.46. The lowest BCUT2D eigenvalue weighted by Gasteiger charge is -2.01. The van der Waals surface area contributed by atoms with E-state index < -0.39 is 5.97 Å². The van der Waals surface area contributed by atoms with Crippen molar-refractivity contribution in [2.24, 2.45) is 0 Å². The monoisotopic (exact) mass is 251 g/mol. The van der Waals surface area contributed by atoms with Crippen LogP contribution in [0.1, 0.15) is 21.1 Å². The minimum Gasteiger partial charge on any atom is -0.477 e. The average Bonchev–Trinajstić information content (AvgIpc) is 2.72. The zero-order chi connectivity index (χ0) is 12.4. The Bertz CT molecular complexity index is 568. The van der Waals surface area contributed by atoms with Crippen LogP contribution in [-0.2, 0) is 0 Å². The number of aryl methyl sites for hydroxylation is 2. The first-order chi connectivity index (χ1) is 8.06. The quantitative estimate of drug-likeness (QED) is 0.898. The summed E-state index contributed by atoms with van der Waals surface area (Å²) < 4.78 is 5.31. The van der Waals surface area contributed by atoms with Crippen molar-refractivity contribution in [2.45, 2.75) is 13.8 Å². The van der Waals surface area contributed by atoms with Gasteiger partial charge in [-0.15, -0.1) is 16.4 Å². The predicted octanol–water partition coefficient (Wildman–Crippen LogP) is 2.04. The molecule has 0 atom stereocenters. The summed E-state index contributed by atoms with van der Waals surface area (Å²) in [6, 6.07) is 1.54. The van der Waals surface area contributed by atoms with E-state index in [1.807, 2.05) is 0 Å². The van der Waals surface area contributed by atoms with Crippen molar-refractivity contribution in [3.8, 4) is 11.8 Å². The third kappa shape index (κ3) is 2.56. The van der Waals surface area contributed by atoms with Gasteiger partial charge in [-0.1, -0.05) is 5.10 Å². The van der Waals surface area contributed by atoms with Crippen LogP contribution in [0, 0.1) is 13.8 Å². The first-order valence-electron chi connectivity index (χ1n) is 4.74. The molecule has 1 N–H and O–H groups in total. The van der Waals surface area contributed by atoms with Gasteiger partial charge in [0.2, 0.25) is 0 Å². The van der Waals surface area contributed by atoms with Gasteiger partial charge in [-0.25, -0.2) is 4.79 Å². The molecule has 0 fully saturated rings. The van der Waals surface area contributed by atoms with E-state index >= 15 is 0 Å². The van der Waals surface area contributed by atoms with Crippen LogP contribution in [-0.4, -0.2) is 26.3 Å². The normalized spacial score (nSPS) is 10.2. The number of hydrogen-bond acceptors (Lipinski definition) is 6. The van der Waals surface area contributed by atoms with Gasteiger partial charge < -0.3 is 9.84 Å². The topological polar surface area (TPSA) is 85.2 Å². The van der Waals surface area contributed by atoms with Crippen molar-refractivity contribution < 1.29 is 14.6 Å². The van der Waals surface area contributed by atoms with Crippen molar-refractivity contribution in [2.75, 3.05) is 0 Å². The number of carboxylic acid groups (broad SMARTS) is 1. The number of aromatic carboxylic acids is 1. The van der Waals surface area contributed by atoms with Crippen LogP contribution in [0.3, 0.4) is 0 Å². The van der Waals surface area contributed by atoms with E-state index in [0.29, 0.717) is 5.75 Å². The molecule has 0 radical (unpaired) electrons. The zero-order valence-corrected chi connectivity index (χ0v) is 9.98. The molecule has 0 amide bonds. The van der Waals surface area contributed by atoms with Crippen molar-refractivity contribution in [1.29, 1.82) is 0 Å². The van der Waals surface area contributed by atoms with E-state index in [9.17, 15) is 4.79 Å². The van der Waals surface area contributed by atoms with Gasteiger partial charge in [0, 0.05) is 11.4 Å². The number of nitrogens with zero attached hydrogens (tertiary/aromatic N) is 3. The van der Waals surface area contributed by atoms with Crippen LogP contribution < -0.4 is 4.74 Å². The maximum absolute atomic E-state index is 10.7. The second-order valence-corrected chi connectivity index (χ2v) is 4.23. The predicted molar refractivity (Wildman–Crippen MR) is 60.7 cm³/mol. The maximum atomic E-state index is 10.7. The molecule has 0 bridgehead atoms. The van der Waals surface area contributed by atoms with Crippen LogP contribution in [0.4, 0.5) is 0 Å². The number of hydrogen-bond donors (Lipinski definition) is 1. The Morgan fingerprint density at radius 1 is 1.35 bits per heavy atom.